The minimum Gasteiger partial charge on any atom is -0.394 e. The molecule has 0 amide bonds. The Balaban J connectivity index is 2.04. The summed E-state index contributed by atoms with van der Waals surface area (Å²) in [5, 5.41) is 7.72. The number of anilines is 2. The van der Waals surface area contributed by atoms with Crippen LogP contribution < -0.4 is 11.1 Å². The fraction of sp³-hybridized carbons (Fsp3) is 0.400. The molecule has 0 aliphatic heterocycles. The summed E-state index contributed by atoms with van der Waals surface area (Å²) >= 11 is 0. The van der Waals surface area contributed by atoms with E-state index >= 15 is 0 Å². The van der Waals surface area contributed by atoms with Crippen LogP contribution in [0.3, 0.4) is 0 Å². The van der Waals surface area contributed by atoms with Crippen molar-refractivity contribution in [2.75, 3.05) is 17.6 Å². The van der Waals surface area contributed by atoms with E-state index in [1.807, 2.05) is 17.7 Å². The van der Waals surface area contributed by atoms with Gasteiger partial charge in [0.05, 0.1) is 11.4 Å². The van der Waals surface area contributed by atoms with E-state index in [-0.39, 0.29) is 11.9 Å². The van der Waals surface area contributed by atoms with Crippen LogP contribution in [0.4, 0.5) is 15.9 Å². The van der Waals surface area contributed by atoms with Crippen LogP contribution in [0.2, 0.25) is 0 Å². The number of nitrogens with zero attached hydrogens (tertiary/aromatic N) is 2. The average Bonchev–Trinajstić information content (AvgIpc) is 2.67. The molecule has 0 spiro atoms. The molecule has 0 saturated carbocycles. The van der Waals surface area contributed by atoms with Crippen LogP contribution in [0.5, 0.6) is 0 Å². The van der Waals surface area contributed by atoms with Crippen LogP contribution >= 0.6 is 0 Å². The van der Waals surface area contributed by atoms with Gasteiger partial charge in [-0.1, -0.05) is 12.1 Å². The summed E-state index contributed by atoms with van der Waals surface area (Å²) in [4.78, 5) is 0. The average molecular weight is 276 g/mol. The highest BCUT2D eigenvalue weighted by Crippen LogP contribution is 2.25. The van der Waals surface area contributed by atoms with Crippen molar-refractivity contribution in [3.05, 3.63) is 41.3 Å². The molecule has 1 aromatic heterocycles. The smallest absolute Gasteiger partial charge is 0.148 e. The van der Waals surface area contributed by atoms with E-state index in [1.54, 1.807) is 12.1 Å². The molecule has 0 atom stereocenters. The van der Waals surface area contributed by atoms with Crippen molar-refractivity contribution in [3.8, 4) is 0 Å². The topological polar surface area (TPSA) is 55.9 Å². The van der Waals surface area contributed by atoms with Crippen LogP contribution in [0.1, 0.15) is 31.1 Å². The summed E-state index contributed by atoms with van der Waals surface area (Å²) in [6, 6.07) is 6.88. The van der Waals surface area contributed by atoms with E-state index in [0.717, 1.165) is 23.5 Å². The highest BCUT2D eigenvalue weighted by Gasteiger charge is 2.13. The maximum Gasteiger partial charge on any atom is 0.148 e. The Morgan fingerprint density at radius 2 is 2.15 bits per heavy atom. The Bertz CT molecular complexity index is 590. The predicted molar refractivity (Wildman–Crippen MR) is 80.4 cm³/mol. The van der Waals surface area contributed by atoms with E-state index in [4.69, 9.17) is 5.73 Å². The van der Waals surface area contributed by atoms with Crippen molar-refractivity contribution in [1.29, 1.82) is 0 Å². The molecule has 0 radical (unpaired) electrons. The van der Waals surface area contributed by atoms with Crippen LogP contribution in [-0.2, 0) is 6.42 Å². The Labute approximate surface area is 118 Å². The van der Waals surface area contributed by atoms with Crippen LogP contribution in [0, 0.1) is 12.7 Å². The molecule has 1 heterocycles. The molecule has 4 nitrogen and oxygen atoms in total. The number of aromatic nitrogens is 2. The highest BCUT2D eigenvalue weighted by atomic mass is 19.1. The zero-order chi connectivity index (χ0) is 14.7. The van der Waals surface area contributed by atoms with E-state index in [2.05, 4.69) is 24.3 Å². The van der Waals surface area contributed by atoms with Gasteiger partial charge >= 0.3 is 0 Å². The molecule has 0 unspecified atom stereocenters. The molecule has 3 N–H and O–H groups in total. The quantitative estimate of drug-likeness (QED) is 0.882. The van der Waals surface area contributed by atoms with Crippen molar-refractivity contribution in [2.24, 2.45) is 0 Å². The third-order valence-corrected chi connectivity index (χ3v) is 3.22. The number of hydrogen-bond acceptors (Lipinski definition) is 3. The molecular formula is C15H21FN4. The zero-order valence-electron chi connectivity index (χ0n) is 12.2. The van der Waals surface area contributed by atoms with Crippen molar-refractivity contribution in [1.82, 2.24) is 9.78 Å². The van der Waals surface area contributed by atoms with Crippen LogP contribution in [0.25, 0.3) is 0 Å². The van der Waals surface area contributed by atoms with Crippen molar-refractivity contribution in [3.63, 3.8) is 0 Å². The second-order valence-corrected chi connectivity index (χ2v) is 5.19. The summed E-state index contributed by atoms with van der Waals surface area (Å²) in [5.41, 5.74) is 8.50. The number of nitrogen functional groups attached to an aromatic ring is 1. The first-order valence-electron chi connectivity index (χ1n) is 6.82. The summed E-state index contributed by atoms with van der Waals surface area (Å²) in [5.74, 6) is 0.638. The van der Waals surface area contributed by atoms with Gasteiger partial charge in [-0.2, -0.15) is 5.10 Å². The summed E-state index contributed by atoms with van der Waals surface area (Å²) in [6.07, 6.45) is 0.736. The molecule has 1 aromatic carbocycles. The maximum atomic E-state index is 13.1. The summed E-state index contributed by atoms with van der Waals surface area (Å²) in [6.45, 7) is 6.70. The Kier molecular flexibility index (Phi) is 4.27. The first-order valence-corrected chi connectivity index (χ1v) is 6.82. The molecule has 0 aliphatic carbocycles. The van der Waals surface area contributed by atoms with Gasteiger partial charge in [0, 0.05) is 12.6 Å². The number of nitrogens with one attached hydrogen (secondary N) is 1. The Morgan fingerprint density at radius 1 is 1.40 bits per heavy atom. The second-order valence-electron chi connectivity index (χ2n) is 5.19. The van der Waals surface area contributed by atoms with Crippen LogP contribution in [0.15, 0.2) is 24.3 Å². The van der Waals surface area contributed by atoms with Gasteiger partial charge in [-0.25, -0.2) is 9.07 Å². The van der Waals surface area contributed by atoms with Crippen molar-refractivity contribution in [2.45, 2.75) is 33.2 Å². The number of aryl methyl sites for hydroxylation is 1. The van der Waals surface area contributed by atoms with Gasteiger partial charge in [0.25, 0.3) is 0 Å². The third kappa shape index (κ3) is 3.10. The molecule has 108 valence electrons. The molecule has 0 aliphatic rings. The molecule has 0 fully saturated rings. The standard InChI is InChI=1S/C15H21FN4/c1-10(2)20-15(14(17)11(3)19-20)18-8-7-12-5-4-6-13(16)9-12/h4-6,9-10,18H,7-8,17H2,1-3H3. The second kappa shape index (κ2) is 5.94. The zero-order valence-corrected chi connectivity index (χ0v) is 12.2. The van der Waals surface area contributed by atoms with Crippen molar-refractivity contribution < 1.29 is 4.39 Å². The lowest BCUT2D eigenvalue weighted by Gasteiger charge is -2.13. The lowest BCUT2D eigenvalue weighted by Crippen LogP contribution is -2.13. The minimum atomic E-state index is -0.204. The number of benzene rings is 1. The number of halogens is 1. The van der Waals surface area contributed by atoms with Crippen molar-refractivity contribution >= 4 is 11.5 Å². The number of hydrogen-bond donors (Lipinski definition) is 2. The third-order valence-electron chi connectivity index (χ3n) is 3.22. The molecule has 2 rings (SSSR count). The SMILES string of the molecule is Cc1nn(C(C)C)c(NCCc2cccc(F)c2)c1N. The molecule has 2 aromatic rings. The largest absolute Gasteiger partial charge is 0.394 e. The fourth-order valence-electron chi connectivity index (χ4n) is 2.13. The monoisotopic (exact) mass is 276 g/mol. The van der Waals surface area contributed by atoms with E-state index in [9.17, 15) is 4.39 Å². The lowest BCUT2D eigenvalue weighted by molar-refractivity contribution is 0.534. The first kappa shape index (κ1) is 14.4. The number of rotatable bonds is 5. The van der Waals surface area contributed by atoms with Gasteiger partial charge in [-0.3, -0.25) is 0 Å². The van der Waals surface area contributed by atoms with Gasteiger partial charge < -0.3 is 11.1 Å². The molecule has 5 heteroatoms. The fourth-order valence-corrected chi connectivity index (χ4v) is 2.13. The lowest BCUT2D eigenvalue weighted by atomic mass is 10.1. The molecular weight excluding hydrogens is 255 g/mol. The van der Waals surface area contributed by atoms with Gasteiger partial charge in [0.1, 0.15) is 11.6 Å². The summed E-state index contributed by atoms with van der Waals surface area (Å²) in [7, 11) is 0. The first-order chi connectivity index (χ1) is 9.49. The molecule has 0 bridgehead atoms. The van der Waals surface area contributed by atoms with Gasteiger partial charge in [0.2, 0.25) is 0 Å². The highest BCUT2D eigenvalue weighted by molar-refractivity contribution is 5.64. The van der Waals surface area contributed by atoms with Gasteiger partial charge in [-0.05, 0) is 44.9 Å². The predicted octanol–water partition coefficient (Wildman–Crippen LogP) is 3.15. The summed E-state index contributed by atoms with van der Waals surface area (Å²) < 4.78 is 15.0. The van der Waals surface area contributed by atoms with Gasteiger partial charge in [-0.15, -0.1) is 0 Å². The van der Waals surface area contributed by atoms with Gasteiger partial charge in [0.15, 0.2) is 0 Å². The minimum absolute atomic E-state index is 0.204. The van der Waals surface area contributed by atoms with E-state index < -0.39 is 0 Å². The van der Waals surface area contributed by atoms with Crippen LogP contribution in [-0.4, -0.2) is 16.3 Å². The van der Waals surface area contributed by atoms with E-state index in [1.165, 1.54) is 6.07 Å². The molecule has 0 saturated heterocycles. The Morgan fingerprint density at radius 3 is 2.80 bits per heavy atom. The maximum absolute atomic E-state index is 13.1. The normalized spacial score (nSPS) is 11.1. The van der Waals surface area contributed by atoms with E-state index in [0.29, 0.717) is 12.2 Å². The Hall–Kier alpha value is -2.04. The number of nitrogens with two attached hydrogens (primary N) is 1. The molecule has 20 heavy (non-hydrogen) atoms.